The van der Waals surface area contributed by atoms with Crippen LogP contribution in [0.2, 0.25) is 0 Å². The molecular formula is C16H23BrN2O3. The van der Waals surface area contributed by atoms with Gasteiger partial charge in [0.2, 0.25) is 5.91 Å². The summed E-state index contributed by atoms with van der Waals surface area (Å²) in [6.07, 6.45) is 1.96. The van der Waals surface area contributed by atoms with Crippen molar-refractivity contribution >= 4 is 27.5 Å². The number of amides is 1. The molecule has 1 unspecified atom stereocenters. The number of halogens is 1. The summed E-state index contributed by atoms with van der Waals surface area (Å²) in [6, 6.07) is 3.65. The average Bonchev–Trinajstić information content (AvgIpc) is 2.53. The molecule has 2 rings (SSSR count). The Morgan fingerprint density at radius 3 is 2.59 bits per heavy atom. The number of carbonyl (C=O) groups excluding carboxylic acids is 1. The van der Waals surface area contributed by atoms with Gasteiger partial charge in [0.25, 0.3) is 0 Å². The highest BCUT2D eigenvalue weighted by atomic mass is 79.9. The van der Waals surface area contributed by atoms with Gasteiger partial charge in [-0.05, 0) is 49.2 Å². The molecule has 2 N–H and O–H groups in total. The number of nitrogens with one attached hydrogen (secondary N) is 2. The van der Waals surface area contributed by atoms with Crippen molar-refractivity contribution in [3.05, 3.63) is 16.6 Å². The van der Waals surface area contributed by atoms with Gasteiger partial charge in [-0.2, -0.15) is 0 Å². The van der Waals surface area contributed by atoms with Crippen molar-refractivity contribution in [1.29, 1.82) is 0 Å². The minimum Gasteiger partial charge on any atom is -0.490 e. The van der Waals surface area contributed by atoms with Crippen LogP contribution in [0.3, 0.4) is 0 Å². The maximum Gasteiger partial charge on any atom is 0.228 e. The normalized spacial score (nSPS) is 17.9. The van der Waals surface area contributed by atoms with E-state index in [-0.39, 0.29) is 11.8 Å². The van der Waals surface area contributed by atoms with E-state index >= 15 is 0 Å². The summed E-state index contributed by atoms with van der Waals surface area (Å²) in [7, 11) is 0. The molecule has 0 aliphatic carbocycles. The number of rotatable bonds is 6. The van der Waals surface area contributed by atoms with Gasteiger partial charge in [-0.3, -0.25) is 4.79 Å². The van der Waals surface area contributed by atoms with E-state index < -0.39 is 0 Å². The summed E-state index contributed by atoms with van der Waals surface area (Å²) in [5, 5.41) is 6.24. The Morgan fingerprint density at radius 2 is 2.00 bits per heavy atom. The molecule has 6 heteroatoms. The van der Waals surface area contributed by atoms with Crippen molar-refractivity contribution in [2.75, 3.05) is 31.6 Å². The molecule has 1 heterocycles. The van der Waals surface area contributed by atoms with Crippen LogP contribution < -0.4 is 20.1 Å². The largest absolute Gasteiger partial charge is 0.490 e. The monoisotopic (exact) mass is 370 g/mol. The first-order chi connectivity index (χ1) is 10.7. The van der Waals surface area contributed by atoms with Crippen molar-refractivity contribution in [3.63, 3.8) is 0 Å². The predicted molar refractivity (Wildman–Crippen MR) is 90.7 cm³/mol. The first kappa shape index (κ1) is 17.1. The third kappa shape index (κ3) is 4.36. The van der Waals surface area contributed by atoms with Crippen molar-refractivity contribution < 1.29 is 14.3 Å². The lowest BCUT2D eigenvalue weighted by Gasteiger charge is -2.22. The molecule has 1 amide bonds. The molecule has 1 saturated heterocycles. The fourth-order valence-electron chi connectivity index (χ4n) is 2.48. The van der Waals surface area contributed by atoms with Crippen molar-refractivity contribution in [2.45, 2.75) is 26.7 Å². The number of hydrogen-bond acceptors (Lipinski definition) is 4. The van der Waals surface area contributed by atoms with Gasteiger partial charge in [-0.1, -0.05) is 0 Å². The predicted octanol–water partition coefficient (Wildman–Crippen LogP) is 3.18. The van der Waals surface area contributed by atoms with Gasteiger partial charge >= 0.3 is 0 Å². The van der Waals surface area contributed by atoms with Gasteiger partial charge < -0.3 is 20.1 Å². The zero-order valence-corrected chi connectivity index (χ0v) is 14.7. The quantitative estimate of drug-likeness (QED) is 0.807. The smallest absolute Gasteiger partial charge is 0.228 e. The molecule has 22 heavy (non-hydrogen) atoms. The van der Waals surface area contributed by atoms with Crippen LogP contribution in [0, 0.1) is 5.92 Å². The fourth-order valence-corrected chi connectivity index (χ4v) is 2.90. The Morgan fingerprint density at radius 1 is 1.32 bits per heavy atom. The molecule has 1 aromatic carbocycles. The van der Waals surface area contributed by atoms with Gasteiger partial charge in [0.15, 0.2) is 11.5 Å². The summed E-state index contributed by atoms with van der Waals surface area (Å²) < 4.78 is 12.0. The molecule has 1 aromatic rings. The Balaban J connectivity index is 2.15. The molecular weight excluding hydrogens is 348 g/mol. The molecule has 1 atom stereocenters. The highest BCUT2D eigenvalue weighted by molar-refractivity contribution is 9.10. The summed E-state index contributed by atoms with van der Waals surface area (Å²) in [5.41, 5.74) is 0.711. The lowest BCUT2D eigenvalue weighted by Crippen LogP contribution is -2.37. The molecule has 122 valence electrons. The second-order valence-corrected chi connectivity index (χ2v) is 6.03. The van der Waals surface area contributed by atoms with Gasteiger partial charge in [-0.25, -0.2) is 0 Å². The first-order valence-electron chi connectivity index (χ1n) is 7.76. The second kappa shape index (κ2) is 8.39. The zero-order valence-electron chi connectivity index (χ0n) is 13.1. The lowest BCUT2D eigenvalue weighted by atomic mass is 9.99. The fraction of sp³-hybridized carbons (Fsp3) is 0.562. The summed E-state index contributed by atoms with van der Waals surface area (Å²) in [6.45, 7) is 6.68. The third-order valence-electron chi connectivity index (χ3n) is 3.56. The summed E-state index contributed by atoms with van der Waals surface area (Å²) >= 11 is 3.49. The summed E-state index contributed by atoms with van der Waals surface area (Å²) in [5.74, 6) is 1.38. The van der Waals surface area contributed by atoms with E-state index in [1.165, 1.54) is 0 Å². The molecule has 0 radical (unpaired) electrons. The Bertz CT molecular complexity index is 516. The second-order valence-electron chi connectivity index (χ2n) is 5.18. The van der Waals surface area contributed by atoms with Gasteiger partial charge in [0.1, 0.15) is 0 Å². The molecule has 0 bridgehead atoms. The standard InChI is InChI=1S/C16H23BrN2O3/c1-3-21-14-8-12(17)13(9-15(14)22-4-2)19-16(20)11-6-5-7-18-10-11/h8-9,11,18H,3-7,10H2,1-2H3,(H,19,20). The van der Waals surface area contributed by atoms with Crippen LogP contribution in [0.25, 0.3) is 0 Å². The molecule has 5 nitrogen and oxygen atoms in total. The maximum absolute atomic E-state index is 12.4. The van der Waals surface area contributed by atoms with Crippen molar-refractivity contribution in [2.24, 2.45) is 5.92 Å². The number of piperidine rings is 1. The number of carbonyl (C=O) groups is 1. The van der Waals surface area contributed by atoms with Crippen LogP contribution >= 0.6 is 15.9 Å². The van der Waals surface area contributed by atoms with Gasteiger partial charge in [0.05, 0.1) is 24.8 Å². The highest BCUT2D eigenvalue weighted by Crippen LogP contribution is 2.37. The van der Waals surface area contributed by atoms with Crippen LogP contribution in [0.1, 0.15) is 26.7 Å². The van der Waals surface area contributed by atoms with E-state index in [0.29, 0.717) is 30.4 Å². The van der Waals surface area contributed by atoms with Gasteiger partial charge in [0, 0.05) is 23.2 Å². The van der Waals surface area contributed by atoms with Crippen LogP contribution in [0.15, 0.2) is 16.6 Å². The first-order valence-corrected chi connectivity index (χ1v) is 8.55. The van der Waals surface area contributed by atoms with Gasteiger partial charge in [-0.15, -0.1) is 0 Å². The summed E-state index contributed by atoms with van der Waals surface area (Å²) in [4.78, 5) is 12.4. The Kier molecular flexibility index (Phi) is 6.51. The SMILES string of the molecule is CCOc1cc(Br)c(NC(=O)C2CCCNC2)cc1OCC. The minimum atomic E-state index is 0.0164. The molecule has 1 aliphatic rings. The third-order valence-corrected chi connectivity index (χ3v) is 4.21. The van der Waals surface area contributed by atoms with Crippen molar-refractivity contribution in [1.82, 2.24) is 5.32 Å². The maximum atomic E-state index is 12.4. The molecule has 1 fully saturated rings. The van der Waals surface area contributed by atoms with E-state index in [9.17, 15) is 4.79 Å². The van der Waals surface area contributed by atoms with Crippen molar-refractivity contribution in [3.8, 4) is 11.5 Å². The Labute approximate surface area is 139 Å². The van der Waals surface area contributed by atoms with Crippen LogP contribution in [-0.4, -0.2) is 32.2 Å². The van der Waals surface area contributed by atoms with E-state index in [4.69, 9.17) is 9.47 Å². The Hall–Kier alpha value is -1.27. The number of ether oxygens (including phenoxy) is 2. The molecule has 1 aliphatic heterocycles. The van der Waals surface area contributed by atoms with Crippen LogP contribution in [-0.2, 0) is 4.79 Å². The number of anilines is 1. The topological polar surface area (TPSA) is 59.6 Å². The molecule has 0 aromatic heterocycles. The molecule has 0 saturated carbocycles. The van der Waals surface area contributed by atoms with E-state index in [2.05, 4.69) is 26.6 Å². The molecule has 0 spiro atoms. The highest BCUT2D eigenvalue weighted by Gasteiger charge is 2.22. The number of hydrogen-bond donors (Lipinski definition) is 2. The lowest BCUT2D eigenvalue weighted by molar-refractivity contribution is -0.120. The van der Waals surface area contributed by atoms with Crippen LogP contribution in [0.4, 0.5) is 5.69 Å². The van der Waals surface area contributed by atoms with E-state index in [1.54, 1.807) is 0 Å². The zero-order chi connectivity index (χ0) is 15.9. The average molecular weight is 371 g/mol. The number of benzene rings is 1. The van der Waals surface area contributed by atoms with Crippen LogP contribution in [0.5, 0.6) is 11.5 Å². The van der Waals surface area contributed by atoms with E-state index in [0.717, 1.165) is 30.4 Å². The minimum absolute atomic E-state index is 0.0164. The van der Waals surface area contributed by atoms with E-state index in [1.807, 2.05) is 26.0 Å².